The van der Waals surface area contributed by atoms with Crippen LogP contribution < -0.4 is 10.6 Å². The van der Waals surface area contributed by atoms with E-state index in [-0.39, 0.29) is 0 Å². The number of rotatable bonds is 7. The van der Waals surface area contributed by atoms with Crippen LogP contribution in [0.15, 0.2) is 53.8 Å². The van der Waals surface area contributed by atoms with Gasteiger partial charge >= 0.3 is 0 Å². The molecule has 0 saturated carbocycles. The van der Waals surface area contributed by atoms with Crippen LogP contribution in [0, 0.1) is 0 Å². The van der Waals surface area contributed by atoms with E-state index in [0.717, 1.165) is 53.1 Å². The molecule has 1 aliphatic heterocycles. The molecule has 118 valence electrons. The minimum Gasteiger partial charge on any atom is -0.303 e. The maximum atomic E-state index is 10.5. The third kappa shape index (κ3) is 3.06. The topological polar surface area (TPSA) is 42.3 Å². The Bertz CT molecular complexity index is 804. The fourth-order valence-electron chi connectivity index (χ4n) is 3.13. The van der Waals surface area contributed by atoms with Gasteiger partial charge in [0.1, 0.15) is 11.8 Å². The summed E-state index contributed by atoms with van der Waals surface area (Å²) in [6.45, 7) is 0. The molecule has 23 heavy (non-hydrogen) atoms. The Labute approximate surface area is 140 Å². The number of unbranched alkanes of at least 4 members (excludes halogenated alkanes) is 3. The van der Waals surface area contributed by atoms with Gasteiger partial charge in [0.05, 0.1) is 10.4 Å². The zero-order valence-electron chi connectivity index (χ0n) is 12.9. The molecule has 0 aliphatic carbocycles. The SMILES string of the molecule is O=CCCCCCC1(c2cccnc2)N=c2ccccc2=C1Cl. The van der Waals surface area contributed by atoms with Gasteiger partial charge in [0.25, 0.3) is 0 Å². The number of aromatic nitrogens is 1. The quantitative estimate of drug-likeness (QED) is 0.579. The van der Waals surface area contributed by atoms with Crippen LogP contribution in [0.25, 0.3) is 5.03 Å². The summed E-state index contributed by atoms with van der Waals surface area (Å²) in [6, 6.07) is 12.0. The number of hydrogen-bond donors (Lipinski definition) is 0. The predicted octanol–water partition coefficient (Wildman–Crippen LogP) is 3.11. The molecule has 0 amide bonds. The Morgan fingerprint density at radius 3 is 2.70 bits per heavy atom. The van der Waals surface area contributed by atoms with Crippen molar-refractivity contribution in [3.63, 3.8) is 0 Å². The Hall–Kier alpha value is -2.00. The maximum Gasteiger partial charge on any atom is 0.124 e. The first-order valence-corrected chi connectivity index (χ1v) is 8.35. The molecule has 0 fully saturated rings. The summed E-state index contributed by atoms with van der Waals surface area (Å²) in [5.41, 5.74) is 0.484. The first kappa shape index (κ1) is 15.9. The average molecular weight is 327 g/mol. The summed E-state index contributed by atoms with van der Waals surface area (Å²) >= 11 is 6.78. The van der Waals surface area contributed by atoms with E-state index in [1.165, 1.54) is 0 Å². The summed E-state index contributed by atoms with van der Waals surface area (Å²) in [7, 11) is 0. The lowest BCUT2D eigenvalue weighted by Gasteiger charge is -2.27. The van der Waals surface area contributed by atoms with Crippen molar-refractivity contribution in [3.05, 3.63) is 64.9 Å². The minimum atomic E-state index is -0.541. The number of benzene rings is 1. The number of aldehydes is 1. The van der Waals surface area contributed by atoms with Crippen LogP contribution in [0.3, 0.4) is 0 Å². The maximum absolute atomic E-state index is 10.5. The van der Waals surface area contributed by atoms with Crippen molar-refractivity contribution < 1.29 is 4.79 Å². The molecular weight excluding hydrogens is 308 g/mol. The van der Waals surface area contributed by atoms with Crippen LogP contribution in [0.2, 0.25) is 0 Å². The second-order valence-electron chi connectivity index (χ2n) is 5.81. The van der Waals surface area contributed by atoms with E-state index >= 15 is 0 Å². The molecule has 3 rings (SSSR count). The number of carbonyl (C=O) groups excluding carboxylic acids is 1. The van der Waals surface area contributed by atoms with E-state index < -0.39 is 5.54 Å². The van der Waals surface area contributed by atoms with Crippen molar-refractivity contribution in [2.45, 2.75) is 37.6 Å². The second-order valence-corrected chi connectivity index (χ2v) is 6.19. The molecule has 0 N–H and O–H groups in total. The lowest BCUT2D eigenvalue weighted by atomic mass is 9.86. The Morgan fingerprint density at radius 1 is 1.09 bits per heavy atom. The number of pyridine rings is 1. The first-order valence-electron chi connectivity index (χ1n) is 7.97. The number of carbonyl (C=O) groups is 1. The van der Waals surface area contributed by atoms with Gasteiger partial charge in [0, 0.05) is 29.6 Å². The molecule has 0 spiro atoms. The van der Waals surface area contributed by atoms with Gasteiger partial charge in [0.15, 0.2) is 0 Å². The fourth-order valence-corrected chi connectivity index (χ4v) is 3.53. The third-order valence-corrected chi connectivity index (χ3v) is 4.83. The van der Waals surface area contributed by atoms with E-state index in [1.807, 2.05) is 42.6 Å². The van der Waals surface area contributed by atoms with Crippen LogP contribution in [0.1, 0.15) is 37.7 Å². The normalized spacial score (nSPS) is 19.3. The van der Waals surface area contributed by atoms with Crippen molar-refractivity contribution >= 4 is 22.9 Å². The summed E-state index contributed by atoms with van der Waals surface area (Å²) in [6.07, 6.45) is 8.91. The van der Waals surface area contributed by atoms with E-state index in [4.69, 9.17) is 16.6 Å². The number of hydrogen-bond acceptors (Lipinski definition) is 3. The van der Waals surface area contributed by atoms with Gasteiger partial charge in [-0.05, 0) is 25.0 Å². The molecule has 4 heteroatoms. The summed E-state index contributed by atoms with van der Waals surface area (Å²) in [5, 5.41) is 2.72. The lowest BCUT2D eigenvalue weighted by Crippen LogP contribution is -2.24. The number of halogens is 1. The number of para-hydroxylation sites is 1. The van der Waals surface area contributed by atoms with E-state index in [9.17, 15) is 4.79 Å². The smallest absolute Gasteiger partial charge is 0.124 e. The summed E-state index contributed by atoms with van der Waals surface area (Å²) < 4.78 is 0. The van der Waals surface area contributed by atoms with Gasteiger partial charge in [-0.3, -0.25) is 9.98 Å². The van der Waals surface area contributed by atoms with Crippen molar-refractivity contribution in [1.82, 2.24) is 4.98 Å². The standard InChI is InChI=1S/C19H19ClN2O/c20-18-16-9-3-4-10-17(16)22-19(18,11-5-1-2-6-13-23)15-8-7-12-21-14-15/h3-4,7-10,12-14H,1-2,5-6,11H2. The van der Waals surface area contributed by atoms with Crippen LogP contribution in [0.4, 0.5) is 0 Å². The van der Waals surface area contributed by atoms with Gasteiger partial charge in [-0.15, -0.1) is 0 Å². The van der Waals surface area contributed by atoms with Gasteiger partial charge in [0.2, 0.25) is 0 Å². The molecule has 0 bridgehead atoms. The van der Waals surface area contributed by atoms with Crippen molar-refractivity contribution in [2.75, 3.05) is 0 Å². The van der Waals surface area contributed by atoms with Crippen molar-refractivity contribution in [1.29, 1.82) is 0 Å². The van der Waals surface area contributed by atoms with Crippen molar-refractivity contribution in [3.8, 4) is 0 Å². The molecule has 3 nitrogen and oxygen atoms in total. The highest BCUT2D eigenvalue weighted by Crippen LogP contribution is 2.42. The molecule has 1 atom stereocenters. The Balaban J connectivity index is 1.97. The van der Waals surface area contributed by atoms with Crippen LogP contribution in [0.5, 0.6) is 0 Å². The number of nitrogens with zero attached hydrogens (tertiary/aromatic N) is 2. The van der Waals surface area contributed by atoms with Gasteiger partial charge < -0.3 is 4.79 Å². The second kappa shape index (κ2) is 7.05. The van der Waals surface area contributed by atoms with Crippen LogP contribution in [-0.4, -0.2) is 11.3 Å². The summed E-state index contributed by atoms with van der Waals surface area (Å²) in [5.74, 6) is 0. The van der Waals surface area contributed by atoms with E-state index in [0.29, 0.717) is 6.42 Å². The fraction of sp³-hybridized carbons (Fsp3) is 0.316. The van der Waals surface area contributed by atoms with Crippen molar-refractivity contribution in [2.24, 2.45) is 4.99 Å². The Kier molecular flexibility index (Phi) is 4.87. The van der Waals surface area contributed by atoms with Gasteiger partial charge in [-0.2, -0.15) is 0 Å². The minimum absolute atomic E-state index is 0.541. The molecule has 1 aromatic carbocycles. The van der Waals surface area contributed by atoms with E-state index in [2.05, 4.69) is 4.98 Å². The first-order chi connectivity index (χ1) is 11.3. The molecular formula is C19H19ClN2O. The molecule has 1 unspecified atom stereocenters. The zero-order chi connectivity index (χ0) is 16.1. The lowest BCUT2D eigenvalue weighted by molar-refractivity contribution is -0.107. The molecule has 0 saturated heterocycles. The molecule has 1 aromatic heterocycles. The average Bonchev–Trinajstić information content (AvgIpc) is 2.89. The summed E-state index contributed by atoms with van der Waals surface area (Å²) in [4.78, 5) is 19.7. The molecule has 2 heterocycles. The predicted molar refractivity (Wildman–Crippen MR) is 91.5 cm³/mol. The highest BCUT2D eigenvalue weighted by Gasteiger charge is 2.38. The molecule has 0 radical (unpaired) electrons. The van der Waals surface area contributed by atoms with Gasteiger partial charge in [-0.25, -0.2) is 0 Å². The highest BCUT2D eigenvalue weighted by atomic mass is 35.5. The molecule has 2 aromatic rings. The monoisotopic (exact) mass is 326 g/mol. The van der Waals surface area contributed by atoms with E-state index in [1.54, 1.807) is 6.20 Å². The van der Waals surface area contributed by atoms with Gasteiger partial charge in [-0.1, -0.05) is 48.7 Å². The zero-order valence-corrected chi connectivity index (χ0v) is 13.7. The number of fused-ring (bicyclic) bond motifs is 1. The largest absolute Gasteiger partial charge is 0.303 e. The van der Waals surface area contributed by atoms with Crippen LogP contribution in [-0.2, 0) is 10.3 Å². The third-order valence-electron chi connectivity index (χ3n) is 4.31. The highest BCUT2D eigenvalue weighted by molar-refractivity contribution is 6.47. The van der Waals surface area contributed by atoms with Crippen LogP contribution >= 0.6 is 11.6 Å². The molecule has 1 aliphatic rings. The Morgan fingerprint density at radius 2 is 1.96 bits per heavy atom.